The summed E-state index contributed by atoms with van der Waals surface area (Å²) in [4.78, 5) is 0. The van der Waals surface area contributed by atoms with E-state index in [2.05, 4.69) is 49.4 Å². The Morgan fingerprint density at radius 2 is 2.10 bits per heavy atom. The summed E-state index contributed by atoms with van der Waals surface area (Å²) >= 11 is 0. The second-order valence-electron chi connectivity index (χ2n) is 5.21. The van der Waals surface area contributed by atoms with Crippen LogP contribution in [0.3, 0.4) is 0 Å². The van der Waals surface area contributed by atoms with Crippen molar-refractivity contribution < 1.29 is 4.74 Å². The fraction of sp³-hybridized carbons (Fsp3) is 0.471. The topological polar surface area (TPSA) is 39.1 Å². The van der Waals surface area contributed by atoms with Crippen molar-refractivity contribution in [3.63, 3.8) is 0 Å². The first-order valence-corrected chi connectivity index (χ1v) is 7.63. The Labute approximate surface area is 127 Å². The Morgan fingerprint density at radius 1 is 1.29 bits per heavy atom. The van der Waals surface area contributed by atoms with Crippen molar-refractivity contribution in [2.45, 2.75) is 40.3 Å². The molecule has 2 rings (SSSR count). The van der Waals surface area contributed by atoms with Gasteiger partial charge in [0.2, 0.25) is 0 Å². The molecule has 114 valence electrons. The summed E-state index contributed by atoms with van der Waals surface area (Å²) in [7, 11) is 0. The van der Waals surface area contributed by atoms with Crippen molar-refractivity contribution >= 4 is 0 Å². The highest BCUT2D eigenvalue weighted by atomic mass is 16.5. The smallest absolute Gasteiger partial charge is 0.124 e. The zero-order chi connectivity index (χ0) is 15.2. The molecule has 21 heavy (non-hydrogen) atoms. The average Bonchev–Trinajstić information content (AvgIpc) is 2.86. The standard InChI is InChI=1S/C17H25N3O/c1-5-18-14(4)15-7-8-17(21-6-2)16(11-15)12-20-13(3)9-10-19-20/h7-11,14,18H,5-6,12H2,1-4H3. The van der Waals surface area contributed by atoms with Gasteiger partial charge >= 0.3 is 0 Å². The van der Waals surface area contributed by atoms with Gasteiger partial charge in [-0.25, -0.2) is 0 Å². The first-order valence-electron chi connectivity index (χ1n) is 7.63. The first kappa shape index (κ1) is 15.6. The van der Waals surface area contributed by atoms with Crippen molar-refractivity contribution in [1.29, 1.82) is 0 Å². The van der Waals surface area contributed by atoms with Gasteiger partial charge in [-0.2, -0.15) is 5.10 Å². The molecular weight excluding hydrogens is 262 g/mol. The molecule has 0 spiro atoms. The number of rotatable bonds is 7. The molecule has 2 aromatic rings. The second-order valence-corrected chi connectivity index (χ2v) is 5.21. The van der Waals surface area contributed by atoms with E-state index in [1.165, 1.54) is 11.1 Å². The van der Waals surface area contributed by atoms with Crippen LogP contribution in [-0.2, 0) is 6.54 Å². The van der Waals surface area contributed by atoms with Crippen LogP contribution in [-0.4, -0.2) is 22.9 Å². The van der Waals surface area contributed by atoms with E-state index in [1.807, 2.05) is 23.9 Å². The molecule has 0 aliphatic rings. The van der Waals surface area contributed by atoms with Crippen LogP contribution in [0.5, 0.6) is 5.75 Å². The van der Waals surface area contributed by atoms with Crippen LogP contribution >= 0.6 is 0 Å². The van der Waals surface area contributed by atoms with Gasteiger partial charge in [0.1, 0.15) is 5.75 Å². The highest BCUT2D eigenvalue weighted by molar-refractivity contribution is 5.38. The van der Waals surface area contributed by atoms with Crippen molar-refractivity contribution in [2.75, 3.05) is 13.2 Å². The van der Waals surface area contributed by atoms with E-state index in [4.69, 9.17) is 4.74 Å². The van der Waals surface area contributed by atoms with Gasteiger partial charge in [0.15, 0.2) is 0 Å². The third kappa shape index (κ3) is 3.85. The summed E-state index contributed by atoms with van der Waals surface area (Å²) in [5.74, 6) is 0.944. The summed E-state index contributed by atoms with van der Waals surface area (Å²) < 4.78 is 7.76. The van der Waals surface area contributed by atoms with Crippen LogP contribution in [0, 0.1) is 6.92 Å². The largest absolute Gasteiger partial charge is 0.494 e. The van der Waals surface area contributed by atoms with E-state index in [-0.39, 0.29) is 0 Å². The number of hydrogen-bond acceptors (Lipinski definition) is 3. The van der Waals surface area contributed by atoms with Crippen molar-refractivity contribution in [3.05, 3.63) is 47.3 Å². The molecule has 0 saturated carbocycles. The maximum absolute atomic E-state index is 5.76. The number of hydrogen-bond donors (Lipinski definition) is 1. The highest BCUT2D eigenvalue weighted by Gasteiger charge is 2.11. The van der Waals surface area contributed by atoms with Crippen molar-refractivity contribution in [1.82, 2.24) is 15.1 Å². The minimum absolute atomic E-state index is 0.336. The number of aromatic nitrogens is 2. The summed E-state index contributed by atoms with van der Waals surface area (Å²) in [5.41, 5.74) is 3.61. The lowest BCUT2D eigenvalue weighted by atomic mass is 10.0. The maximum Gasteiger partial charge on any atom is 0.124 e. The quantitative estimate of drug-likeness (QED) is 0.849. The normalized spacial score (nSPS) is 12.4. The lowest BCUT2D eigenvalue weighted by Gasteiger charge is -2.17. The molecular formula is C17H25N3O. The van der Waals surface area contributed by atoms with Gasteiger partial charge in [-0.05, 0) is 51.1 Å². The Bertz CT molecular complexity index is 577. The van der Waals surface area contributed by atoms with Gasteiger partial charge in [0.05, 0.1) is 13.2 Å². The van der Waals surface area contributed by atoms with E-state index in [0.29, 0.717) is 12.6 Å². The molecule has 4 heteroatoms. The second kappa shape index (κ2) is 7.27. The molecule has 0 amide bonds. The molecule has 4 nitrogen and oxygen atoms in total. The Hall–Kier alpha value is -1.81. The maximum atomic E-state index is 5.76. The molecule has 1 heterocycles. The van der Waals surface area contributed by atoms with Crippen LogP contribution in [0.1, 0.15) is 43.6 Å². The number of benzene rings is 1. The predicted octanol–water partition coefficient (Wildman–Crippen LogP) is 3.31. The lowest BCUT2D eigenvalue weighted by molar-refractivity contribution is 0.335. The molecule has 1 N–H and O–H groups in total. The van der Waals surface area contributed by atoms with Gasteiger partial charge in [-0.3, -0.25) is 4.68 Å². The first-order chi connectivity index (χ1) is 10.2. The molecule has 1 unspecified atom stereocenters. The fourth-order valence-corrected chi connectivity index (χ4v) is 2.44. The summed E-state index contributed by atoms with van der Waals surface area (Å²) in [5, 5.41) is 7.82. The molecule has 0 aliphatic carbocycles. The van der Waals surface area contributed by atoms with Gasteiger partial charge < -0.3 is 10.1 Å². The van der Waals surface area contributed by atoms with Crippen LogP contribution in [0.2, 0.25) is 0 Å². The van der Waals surface area contributed by atoms with Crippen molar-refractivity contribution in [2.24, 2.45) is 0 Å². The zero-order valence-corrected chi connectivity index (χ0v) is 13.4. The SMILES string of the molecule is CCNC(C)c1ccc(OCC)c(Cn2nccc2C)c1. The summed E-state index contributed by atoms with van der Waals surface area (Å²) in [6.45, 7) is 10.8. The molecule has 0 bridgehead atoms. The van der Waals surface area contributed by atoms with E-state index < -0.39 is 0 Å². The third-order valence-electron chi connectivity index (χ3n) is 3.64. The van der Waals surface area contributed by atoms with Crippen molar-refractivity contribution in [3.8, 4) is 5.75 Å². The minimum atomic E-state index is 0.336. The van der Waals surface area contributed by atoms with Gasteiger partial charge in [0, 0.05) is 23.5 Å². The number of ether oxygens (including phenoxy) is 1. The number of nitrogens with zero attached hydrogens (tertiary/aromatic N) is 2. The molecule has 1 aromatic heterocycles. The van der Waals surface area contributed by atoms with E-state index in [0.717, 1.165) is 24.5 Å². The van der Waals surface area contributed by atoms with Gasteiger partial charge in [-0.1, -0.05) is 13.0 Å². The minimum Gasteiger partial charge on any atom is -0.494 e. The lowest BCUT2D eigenvalue weighted by Crippen LogP contribution is -2.18. The molecule has 1 atom stereocenters. The predicted molar refractivity (Wildman–Crippen MR) is 85.8 cm³/mol. The van der Waals surface area contributed by atoms with Crippen LogP contribution in [0.4, 0.5) is 0 Å². The Balaban J connectivity index is 2.30. The van der Waals surface area contributed by atoms with E-state index >= 15 is 0 Å². The fourth-order valence-electron chi connectivity index (χ4n) is 2.44. The van der Waals surface area contributed by atoms with E-state index in [1.54, 1.807) is 0 Å². The van der Waals surface area contributed by atoms with E-state index in [9.17, 15) is 0 Å². The number of aryl methyl sites for hydroxylation is 1. The molecule has 0 radical (unpaired) electrons. The molecule has 0 fully saturated rings. The molecule has 0 saturated heterocycles. The van der Waals surface area contributed by atoms with Crippen LogP contribution in [0.15, 0.2) is 30.5 Å². The van der Waals surface area contributed by atoms with Crippen LogP contribution in [0.25, 0.3) is 0 Å². The summed E-state index contributed by atoms with van der Waals surface area (Å²) in [6, 6.07) is 8.78. The molecule has 0 aliphatic heterocycles. The average molecular weight is 287 g/mol. The Morgan fingerprint density at radius 3 is 2.71 bits per heavy atom. The highest BCUT2D eigenvalue weighted by Crippen LogP contribution is 2.25. The Kier molecular flexibility index (Phi) is 5.39. The van der Waals surface area contributed by atoms with Gasteiger partial charge in [-0.15, -0.1) is 0 Å². The van der Waals surface area contributed by atoms with Crippen LogP contribution < -0.4 is 10.1 Å². The monoisotopic (exact) mass is 287 g/mol. The zero-order valence-electron chi connectivity index (χ0n) is 13.4. The van der Waals surface area contributed by atoms with Gasteiger partial charge in [0.25, 0.3) is 0 Å². The molecule has 1 aromatic carbocycles. The summed E-state index contributed by atoms with van der Waals surface area (Å²) in [6.07, 6.45) is 1.83. The third-order valence-corrected chi connectivity index (χ3v) is 3.64. The number of nitrogens with one attached hydrogen (secondary N) is 1.